The van der Waals surface area contributed by atoms with Crippen molar-refractivity contribution in [3.63, 3.8) is 0 Å². The van der Waals surface area contributed by atoms with E-state index in [2.05, 4.69) is 10.9 Å². The van der Waals surface area contributed by atoms with Crippen molar-refractivity contribution in [3.05, 3.63) is 0 Å². The van der Waals surface area contributed by atoms with Crippen LogP contribution in [0.2, 0.25) is 0 Å². The van der Waals surface area contributed by atoms with Crippen molar-refractivity contribution in [2.45, 2.75) is 12.8 Å². The molecule has 5 heteroatoms. The average molecular weight is 158 g/mol. The third-order valence-corrected chi connectivity index (χ3v) is 0.902. The molecule has 62 valence electrons. The van der Waals surface area contributed by atoms with E-state index in [1.54, 1.807) is 0 Å². The summed E-state index contributed by atoms with van der Waals surface area (Å²) in [5.74, 6) is -0.293. The highest BCUT2D eigenvalue weighted by atomic mass is 16.2. The van der Waals surface area contributed by atoms with Crippen LogP contribution < -0.4 is 10.9 Å². The monoisotopic (exact) mass is 158 g/mol. The van der Waals surface area contributed by atoms with E-state index >= 15 is 0 Å². The molecule has 0 aliphatic carbocycles. The van der Waals surface area contributed by atoms with Crippen LogP contribution in [0.4, 0.5) is 0 Å². The van der Waals surface area contributed by atoms with Crippen molar-refractivity contribution in [2.75, 3.05) is 6.54 Å². The molecule has 0 saturated heterocycles. The Morgan fingerprint density at radius 3 is 2.55 bits per heavy atom. The number of carbonyl (C=O) groups excluding carboxylic acids is 3. The van der Waals surface area contributed by atoms with E-state index in [1.807, 2.05) is 0 Å². The van der Waals surface area contributed by atoms with Gasteiger partial charge in [0.15, 0.2) is 0 Å². The molecule has 0 spiro atoms. The SMILES string of the molecule is O=CCCC(=O)NNCC=O. The number of hydrogen-bond acceptors (Lipinski definition) is 4. The first-order valence-electron chi connectivity index (χ1n) is 3.20. The number of hydrogen-bond donors (Lipinski definition) is 2. The fraction of sp³-hybridized carbons (Fsp3) is 0.500. The largest absolute Gasteiger partial charge is 0.303 e. The average Bonchev–Trinajstić information content (AvgIpc) is 2.01. The van der Waals surface area contributed by atoms with E-state index in [1.165, 1.54) is 0 Å². The Bertz CT molecular complexity index is 147. The second-order valence-corrected chi connectivity index (χ2v) is 1.80. The minimum absolute atomic E-state index is 0.0762. The summed E-state index contributed by atoms with van der Waals surface area (Å²) in [7, 11) is 0. The molecule has 0 aromatic carbocycles. The number of carbonyl (C=O) groups is 3. The zero-order chi connectivity index (χ0) is 8.53. The summed E-state index contributed by atoms with van der Waals surface area (Å²) in [6.07, 6.45) is 1.64. The maximum absolute atomic E-state index is 10.6. The van der Waals surface area contributed by atoms with Gasteiger partial charge < -0.3 is 9.59 Å². The van der Waals surface area contributed by atoms with Crippen molar-refractivity contribution >= 4 is 18.5 Å². The molecule has 0 aliphatic heterocycles. The van der Waals surface area contributed by atoms with Gasteiger partial charge in [-0.05, 0) is 0 Å². The molecule has 0 aromatic heterocycles. The number of nitrogens with one attached hydrogen (secondary N) is 2. The fourth-order valence-electron chi connectivity index (χ4n) is 0.444. The summed E-state index contributed by atoms with van der Waals surface area (Å²) in [5.41, 5.74) is 4.60. The van der Waals surface area contributed by atoms with Crippen LogP contribution in [0.3, 0.4) is 0 Å². The molecule has 1 amide bonds. The molecular weight excluding hydrogens is 148 g/mol. The molecule has 0 saturated carbocycles. The quantitative estimate of drug-likeness (QED) is 0.289. The van der Waals surface area contributed by atoms with E-state index in [-0.39, 0.29) is 25.3 Å². The van der Waals surface area contributed by atoms with E-state index in [9.17, 15) is 14.4 Å². The Kier molecular flexibility index (Phi) is 6.11. The van der Waals surface area contributed by atoms with Crippen LogP contribution in [0.15, 0.2) is 0 Å². The molecule has 5 nitrogen and oxygen atoms in total. The van der Waals surface area contributed by atoms with Crippen molar-refractivity contribution in [2.24, 2.45) is 0 Å². The molecule has 0 aromatic rings. The predicted octanol–water partition coefficient (Wildman–Crippen LogP) is -1.21. The van der Waals surface area contributed by atoms with Crippen LogP contribution in [0.25, 0.3) is 0 Å². The summed E-state index contributed by atoms with van der Waals surface area (Å²) in [4.78, 5) is 30.1. The number of amides is 1. The number of aldehydes is 2. The van der Waals surface area contributed by atoms with Crippen LogP contribution in [-0.2, 0) is 14.4 Å². The van der Waals surface area contributed by atoms with Crippen LogP contribution in [0.5, 0.6) is 0 Å². The summed E-state index contributed by atoms with van der Waals surface area (Å²) in [5, 5.41) is 0. The Hall–Kier alpha value is -1.23. The number of rotatable bonds is 6. The van der Waals surface area contributed by atoms with Crippen molar-refractivity contribution in [1.29, 1.82) is 0 Å². The van der Waals surface area contributed by atoms with Crippen molar-refractivity contribution < 1.29 is 14.4 Å². The summed E-state index contributed by atoms with van der Waals surface area (Å²) >= 11 is 0. The van der Waals surface area contributed by atoms with Gasteiger partial charge in [0.05, 0.1) is 6.54 Å². The summed E-state index contributed by atoms with van der Waals surface area (Å²) < 4.78 is 0. The lowest BCUT2D eigenvalue weighted by Crippen LogP contribution is -2.38. The van der Waals surface area contributed by atoms with Gasteiger partial charge in [-0.1, -0.05) is 0 Å². The molecule has 0 bridgehead atoms. The number of hydrazine groups is 1. The zero-order valence-corrected chi connectivity index (χ0v) is 6.00. The minimum Gasteiger partial charge on any atom is -0.303 e. The summed E-state index contributed by atoms with van der Waals surface area (Å²) in [6.45, 7) is 0.0762. The fourth-order valence-corrected chi connectivity index (χ4v) is 0.444. The van der Waals surface area contributed by atoms with Gasteiger partial charge in [0.1, 0.15) is 12.6 Å². The Morgan fingerprint density at radius 1 is 1.27 bits per heavy atom. The van der Waals surface area contributed by atoms with E-state index in [0.717, 1.165) is 0 Å². The van der Waals surface area contributed by atoms with Gasteiger partial charge in [0.2, 0.25) is 5.91 Å². The highest BCUT2D eigenvalue weighted by Gasteiger charge is 1.97. The van der Waals surface area contributed by atoms with E-state index < -0.39 is 0 Å². The predicted molar refractivity (Wildman–Crippen MR) is 37.5 cm³/mol. The molecule has 0 rings (SSSR count). The van der Waals surface area contributed by atoms with E-state index in [4.69, 9.17) is 0 Å². The minimum atomic E-state index is -0.293. The van der Waals surface area contributed by atoms with Crippen LogP contribution in [-0.4, -0.2) is 25.0 Å². The van der Waals surface area contributed by atoms with Gasteiger partial charge in [-0.2, -0.15) is 0 Å². The van der Waals surface area contributed by atoms with Gasteiger partial charge in [-0.15, -0.1) is 0 Å². The first-order chi connectivity index (χ1) is 5.31. The second-order valence-electron chi connectivity index (χ2n) is 1.80. The normalized spacial score (nSPS) is 8.73. The highest BCUT2D eigenvalue weighted by molar-refractivity contribution is 5.77. The molecule has 11 heavy (non-hydrogen) atoms. The molecular formula is C6H10N2O3. The lowest BCUT2D eigenvalue weighted by Gasteiger charge is -2.00. The highest BCUT2D eigenvalue weighted by Crippen LogP contribution is 1.81. The smallest absolute Gasteiger partial charge is 0.234 e. The van der Waals surface area contributed by atoms with Crippen molar-refractivity contribution in [1.82, 2.24) is 10.9 Å². The first-order valence-corrected chi connectivity index (χ1v) is 3.20. The Morgan fingerprint density at radius 2 is 2.00 bits per heavy atom. The zero-order valence-electron chi connectivity index (χ0n) is 6.00. The third-order valence-electron chi connectivity index (χ3n) is 0.902. The molecule has 0 atom stereocenters. The molecule has 0 aliphatic rings. The van der Waals surface area contributed by atoms with Gasteiger partial charge in [-0.25, -0.2) is 5.43 Å². The van der Waals surface area contributed by atoms with Crippen LogP contribution >= 0.6 is 0 Å². The third kappa shape index (κ3) is 6.66. The topological polar surface area (TPSA) is 75.3 Å². The van der Waals surface area contributed by atoms with Crippen molar-refractivity contribution in [3.8, 4) is 0 Å². The van der Waals surface area contributed by atoms with E-state index in [0.29, 0.717) is 12.6 Å². The molecule has 0 radical (unpaired) electrons. The Labute approximate surface area is 64.1 Å². The van der Waals surface area contributed by atoms with Crippen LogP contribution in [0.1, 0.15) is 12.8 Å². The Balaban J connectivity index is 3.21. The molecule has 0 heterocycles. The molecule has 0 unspecified atom stereocenters. The lowest BCUT2D eigenvalue weighted by molar-refractivity contribution is -0.123. The van der Waals surface area contributed by atoms with Gasteiger partial charge in [-0.3, -0.25) is 10.2 Å². The van der Waals surface area contributed by atoms with Gasteiger partial charge in [0, 0.05) is 12.8 Å². The van der Waals surface area contributed by atoms with Gasteiger partial charge >= 0.3 is 0 Å². The standard InChI is InChI=1S/C6H10N2O3/c9-4-1-2-6(11)8-7-3-5-10/h4-5,7H,1-3H2,(H,8,11). The van der Waals surface area contributed by atoms with Gasteiger partial charge in [0.25, 0.3) is 0 Å². The first kappa shape index (κ1) is 9.77. The second kappa shape index (κ2) is 6.88. The molecule has 0 fully saturated rings. The van der Waals surface area contributed by atoms with Crippen LogP contribution in [0, 0.1) is 0 Å². The lowest BCUT2D eigenvalue weighted by atomic mass is 10.3. The summed E-state index contributed by atoms with van der Waals surface area (Å²) in [6, 6.07) is 0. The maximum Gasteiger partial charge on any atom is 0.234 e. The maximum atomic E-state index is 10.6. The molecule has 2 N–H and O–H groups in total.